The van der Waals surface area contributed by atoms with E-state index < -0.39 is 11.6 Å². The fourth-order valence-electron chi connectivity index (χ4n) is 2.84. The molecule has 2 aromatic carbocycles. The van der Waals surface area contributed by atoms with Crippen LogP contribution >= 0.6 is 15.9 Å². The van der Waals surface area contributed by atoms with Crippen molar-refractivity contribution in [2.45, 2.75) is 19.0 Å². The van der Waals surface area contributed by atoms with E-state index in [1.807, 2.05) is 48.5 Å². The zero-order valence-electron chi connectivity index (χ0n) is 13.4. The molecule has 1 saturated heterocycles. The van der Waals surface area contributed by atoms with Crippen molar-refractivity contribution in [1.82, 2.24) is 10.2 Å². The summed E-state index contributed by atoms with van der Waals surface area (Å²) >= 11 is 3.46. The number of benzene rings is 2. The topological polar surface area (TPSA) is 58.6 Å². The van der Waals surface area contributed by atoms with Crippen molar-refractivity contribution < 1.29 is 14.3 Å². The molecule has 1 fully saturated rings. The summed E-state index contributed by atoms with van der Waals surface area (Å²) in [5.74, 6) is 0.412. The molecular weight excluding hydrogens is 372 g/mol. The predicted molar refractivity (Wildman–Crippen MR) is 93.6 cm³/mol. The van der Waals surface area contributed by atoms with Gasteiger partial charge in [0.1, 0.15) is 11.3 Å². The van der Waals surface area contributed by atoms with Crippen LogP contribution in [0.4, 0.5) is 4.79 Å². The number of nitrogens with one attached hydrogen (secondary N) is 1. The summed E-state index contributed by atoms with van der Waals surface area (Å²) in [7, 11) is 1.58. The highest BCUT2D eigenvalue weighted by Gasteiger charge is 2.49. The summed E-state index contributed by atoms with van der Waals surface area (Å²) in [5.41, 5.74) is 0.474. The number of carbonyl (C=O) groups is 2. The number of rotatable bonds is 4. The second-order valence-electron chi connectivity index (χ2n) is 5.78. The fourth-order valence-corrected chi connectivity index (χ4v) is 3.52. The van der Waals surface area contributed by atoms with Crippen molar-refractivity contribution in [3.63, 3.8) is 0 Å². The Hall–Kier alpha value is -2.34. The lowest BCUT2D eigenvalue weighted by Crippen LogP contribution is -2.41. The quantitative estimate of drug-likeness (QED) is 0.816. The maximum atomic E-state index is 12.9. The number of carbonyl (C=O) groups excluding carboxylic acids is 2. The van der Waals surface area contributed by atoms with Crippen LogP contribution in [0.25, 0.3) is 0 Å². The average Bonchev–Trinajstić information content (AvgIpc) is 2.79. The Bertz CT molecular complexity index is 808. The van der Waals surface area contributed by atoms with Crippen LogP contribution in [0.3, 0.4) is 0 Å². The second-order valence-corrected chi connectivity index (χ2v) is 6.63. The SMILES string of the molecule is COc1cccc(CN2C(=O)N[C@](C)(c3ccccc3Br)C2=O)c1. The number of amides is 3. The molecule has 1 heterocycles. The fraction of sp³-hybridized carbons (Fsp3) is 0.222. The van der Waals surface area contributed by atoms with Crippen molar-refractivity contribution in [2.24, 2.45) is 0 Å². The Morgan fingerprint density at radius 2 is 1.92 bits per heavy atom. The average molecular weight is 389 g/mol. The van der Waals surface area contributed by atoms with Gasteiger partial charge in [0.2, 0.25) is 0 Å². The molecule has 0 aliphatic carbocycles. The molecule has 0 saturated carbocycles. The van der Waals surface area contributed by atoms with Gasteiger partial charge >= 0.3 is 6.03 Å². The smallest absolute Gasteiger partial charge is 0.325 e. The van der Waals surface area contributed by atoms with Gasteiger partial charge in [0.05, 0.1) is 13.7 Å². The number of halogens is 1. The van der Waals surface area contributed by atoms with Crippen LogP contribution in [0, 0.1) is 0 Å². The standard InChI is InChI=1S/C18H17BrN2O3/c1-18(14-8-3-4-9-15(14)19)16(22)21(17(23)20-18)11-12-6-5-7-13(10-12)24-2/h3-10H,11H2,1-2H3,(H,20,23)/t18-/m1/s1. The van der Waals surface area contributed by atoms with E-state index in [-0.39, 0.29) is 12.5 Å². The van der Waals surface area contributed by atoms with Crippen LogP contribution in [0.5, 0.6) is 5.75 Å². The van der Waals surface area contributed by atoms with Gasteiger partial charge in [-0.2, -0.15) is 0 Å². The van der Waals surface area contributed by atoms with Gasteiger partial charge in [0.15, 0.2) is 0 Å². The lowest BCUT2D eigenvalue weighted by atomic mass is 9.92. The first-order valence-electron chi connectivity index (χ1n) is 7.48. The van der Waals surface area contributed by atoms with Crippen molar-refractivity contribution >= 4 is 27.9 Å². The summed E-state index contributed by atoms with van der Waals surface area (Å²) < 4.78 is 5.97. The van der Waals surface area contributed by atoms with Crippen LogP contribution in [0.2, 0.25) is 0 Å². The van der Waals surface area contributed by atoms with Crippen LogP contribution in [0.1, 0.15) is 18.1 Å². The molecule has 1 atom stereocenters. The molecule has 24 heavy (non-hydrogen) atoms. The van der Waals surface area contributed by atoms with Gasteiger partial charge < -0.3 is 10.1 Å². The molecule has 2 aromatic rings. The van der Waals surface area contributed by atoms with Gasteiger partial charge in [0.25, 0.3) is 5.91 Å². The van der Waals surface area contributed by atoms with Gasteiger partial charge in [-0.3, -0.25) is 9.69 Å². The van der Waals surface area contributed by atoms with E-state index in [4.69, 9.17) is 4.74 Å². The van der Waals surface area contributed by atoms with Crippen molar-refractivity contribution in [3.8, 4) is 5.75 Å². The minimum absolute atomic E-state index is 0.196. The minimum atomic E-state index is -1.09. The number of nitrogens with zero attached hydrogens (tertiary/aromatic N) is 1. The molecule has 0 unspecified atom stereocenters. The Balaban J connectivity index is 1.90. The van der Waals surface area contributed by atoms with E-state index in [0.717, 1.165) is 15.6 Å². The number of methoxy groups -OCH3 is 1. The number of urea groups is 1. The highest BCUT2D eigenvalue weighted by atomic mass is 79.9. The Morgan fingerprint density at radius 3 is 2.62 bits per heavy atom. The summed E-state index contributed by atoms with van der Waals surface area (Å²) in [6.45, 7) is 1.92. The van der Waals surface area contributed by atoms with Crippen molar-refractivity contribution in [1.29, 1.82) is 0 Å². The van der Waals surface area contributed by atoms with Crippen molar-refractivity contribution in [3.05, 3.63) is 64.1 Å². The van der Waals surface area contributed by atoms with Crippen LogP contribution in [-0.2, 0) is 16.9 Å². The molecule has 0 aromatic heterocycles. The first-order chi connectivity index (χ1) is 11.5. The first kappa shape index (κ1) is 16.5. The Labute approximate surface area is 148 Å². The van der Waals surface area contributed by atoms with E-state index >= 15 is 0 Å². The summed E-state index contributed by atoms with van der Waals surface area (Å²) in [4.78, 5) is 26.6. The van der Waals surface area contributed by atoms with E-state index in [2.05, 4.69) is 21.2 Å². The van der Waals surface area contributed by atoms with Crippen LogP contribution in [0.15, 0.2) is 53.0 Å². The summed E-state index contributed by atoms with van der Waals surface area (Å²) in [5, 5.41) is 2.81. The van der Waals surface area contributed by atoms with Crippen LogP contribution in [-0.4, -0.2) is 23.9 Å². The zero-order chi connectivity index (χ0) is 17.3. The molecule has 0 radical (unpaired) electrons. The van der Waals surface area contributed by atoms with Gasteiger partial charge in [-0.25, -0.2) is 4.79 Å². The molecular formula is C18H17BrN2O3. The van der Waals surface area contributed by atoms with Crippen LogP contribution < -0.4 is 10.1 Å². The van der Waals surface area contributed by atoms with E-state index in [1.165, 1.54) is 4.90 Å². The normalized spacial score (nSPS) is 20.2. The maximum absolute atomic E-state index is 12.9. The van der Waals surface area contributed by atoms with Gasteiger partial charge in [-0.05, 0) is 30.7 Å². The largest absolute Gasteiger partial charge is 0.497 e. The molecule has 3 rings (SSSR count). The van der Waals surface area contributed by atoms with Crippen molar-refractivity contribution in [2.75, 3.05) is 7.11 Å². The molecule has 0 bridgehead atoms. The minimum Gasteiger partial charge on any atom is -0.497 e. The highest BCUT2D eigenvalue weighted by Crippen LogP contribution is 2.34. The predicted octanol–water partition coefficient (Wildman–Crippen LogP) is 3.42. The second kappa shape index (κ2) is 6.28. The van der Waals surface area contributed by atoms with Gasteiger partial charge in [0, 0.05) is 10.0 Å². The van der Waals surface area contributed by atoms with Gasteiger partial charge in [-0.1, -0.05) is 46.3 Å². The lowest BCUT2D eigenvalue weighted by molar-refractivity contribution is -0.131. The Morgan fingerprint density at radius 1 is 1.17 bits per heavy atom. The molecule has 1 aliphatic rings. The maximum Gasteiger partial charge on any atom is 0.325 e. The molecule has 1 aliphatic heterocycles. The number of ether oxygens (including phenoxy) is 1. The summed E-state index contributed by atoms with van der Waals surface area (Å²) in [6, 6.07) is 14.3. The molecule has 6 heteroatoms. The summed E-state index contributed by atoms with van der Waals surface area (Å²) in [6.07, 6.45) is 0. The molecule has 5 nitrogen and oxygen atoms in total. The Kier molecular flexibility index (Phi) is 4.32. The number of imide groups is 1. The number of hydrogen-bond acceptors (Lipinski definition) is 3. The molecule has 1 N–H and O–H groups in total. The van der Waals surface area contributed by atoms with Gasteiger partial charge in [-0.15, -0.1) is 0 Å². The van der Waals surface area contributed by atoms with E-state index in [1.54, 1.807) is 14.0 Å². The molecule has 0 spiro atoms. The molecule has 3 amide bonds. The lowest BCUT2D eigenvalue weighted by Gasteiger charge is -2.23. The van der Waals surface area contributed by atoms with E-state index in [0.29, 0.717) is 5.75 Å². The third-order valence-corrected chi connectivity index (χ3v) is 4.85. The first-order valence-corrected chi connectivity index (χ1v) is 8.27. The highest BCUT2D eigenvalue weighted by molar-refractivity contribution is 9.10. The third kappa shape index (κ3) is 2.78. The number of hydrogen-bond donors (Lipinski definition) is 1. The third-order valence-electron chi connectivity index (χ3n) is 4.16. The van der Waals surface area contributed by atoms with E-state index in [9.17, 15) is 9.59 Å². The monoisotopic (exact) mass is 388 g/mol. The molecule has 124 valence electrons. The zero-order valence-corrected chi connectivity index (χ0v) is 15.0.